The summed E-state index contributed by atoms with van der Waals surface area (Å²) in [4.78, 5) is 6.86. The molecular formula is C13H17ClN4. The van der Waals surface area contributed by atoms with E-state index in [1.165, 1.54) is 5.69 Å². The molecule has 0 bridgehead atoms. The van der Waals surface area contributed by atoms with Gasteiger partial charge in [0.05, 0.1) is 16.9 Å². The quantitative estimate of drug-likeness (QED) is 0.898. The number of nitrogens with one attached hydrogen (secondary N) is 1. The zero-order chi connectivity index (χ0) is 12.5. The Morgan fingerprint density at radius 1 is 1.50 bits per heavy atom. The van der Waals surface area contributed by atoms with Crippen molar-refractivity contribution in [1.82, 2.24) is 19.6 Å². The summed E-state index contributed by atoms with van der Waals surface area (Å²) in [6, 6.07) is 4.38. The third kappa shape index (κ3) is 2.36. The first-order valence-corrected chi connectivity index (χ1v) is 6.67. The first-order chi connectivity index (χ1) is 8.72. The number of aromatic nitrogens is 2. The van der Waals surface area contributed by atoms with E-state index < -0.39 is 0 Å². The van der Waals surface area contributed by atoms with Crippen LogP contribution < -0.4 is 5.32 Å². The molecule has 0 aromatic carbocycles. The molecule has 1 saturated heterocycles. The van der Waals surface area contributed by atoms with Crippen molar-refractivity contribution < 1.29 is 0 Å². The summed E-state index contributed by atoms with van der Waals surface area (Å²) in [5, 5.41) is 4.20. The highest BCUT2D eigenvalue weighted by atomic mass is 35.5. The summed E-state index contributed by atoms with van der Waals surface area (Å²) < 4.78 is 2.08. The Hall–Kier alpha value is -1.10. The van der Waals surface area contributed by atoms with Gasteiger partial charge in [0.1, 0.15) is 5.65 Å². The van der Waals surface area contributed by atoms with Crippen molar-refractivity contribution in [2.45, 2.75) is 19.5 Å². The number of nitrogens with zero attached hydrogens (tertiary/aromatic N) is 3. The molecule has 5 heteroatoms. The molecule has 18 heavy (non-hydrogen) atoms. The van der Waals surface area contributed by atoms with E-state index in [0.29, 0.717) is 6.04 Å². The zero-order valence-corrected chi connectivity index (χ0v) is 11.2. The first-order valence-electron chi connectivity index (χ1n) is 6.29. The average molecular weight is 265 g/mol. The van der Waals surface area contributed by atoms with E-state index in [1.807, 2.05) is 24.5 Å². The van der Waals surface area contributed by atoms with Crippen LogP contribution in [0.5, 0.6) is 0 Å². The van der Waals surface area contributed by atoms with Crippen molar-refractivity contribution in [3.05, 3.63) is 35.2 Å². The molecule has 0 amide bonds. The summed E-state index contributed by atoms with van der Waals surface area (Å²) in [5.41, 5.74) is 2.15. The summed E-state index contributed by atoms with van der Waals surface area (Å²) in [7, 11) is 0. The molecule has 1 fully saturated rings. The Kier molecular flexibility index (Phi) is 3.24. The fourth-order valence-electron chi connectivity index (χ4n) is 2.51. The van der Waals surface area contributed by atoms with Crippen molar-refractivity contribution >= 4 is 17.2 Å². The predicted octanol–water partition coefficient (Wildman–Crippen LogP) is 1.78. The van der Waals surface area contributed by atoms with Crippen LogP contribution in [0.15, 0.2) is 24.5 Å². The number of pyridine rings is 1. The van der Waals surface area contributed by atoms with Gasteiger partial charge in [0.25, 0.3) is 0 Å². The number of rotatable bonds is 2. The van der Waals surface area contributed by atoms with Crippen LogP contribution in [0, 0.1) is 0 Å². The Labute approximate surface area is 112 Å². The summed E-state index contributed by atoms with van der Waals surface area (Å²) in [6.45, 7) is 6.36. The number of hydrogen-bond acceptors (Lipinski definition) is 3. The van der Waals surface area contributed by atoms with Gasteiger partial charge in [0.15, 0.2) is 0 Å². The lowest BCUT2D eigenvalue weighted by Crippen LogP contribution is -2.48. The summed E-state index contributed by atoms with van der Waals surface area (Å²) >= 11 is 6.04. The largest absolute Gasteiger partial charge is 0.312 e. The van der Waals surface area contributed by atoms with Crippen LogP contribution >= 0.6 is 11.6 Å². The zero-order valence-electron chi connectivity index (χ0n) is 10.4. The SMILES string of the molecule is CC1CN(Cc2cnc3ccc(Cl)cn23)CCN1. The molecular weight excluding hydrogens is 248 g/mol. The van der Waals surface area contributed by atoms with Gasteiger partial charge in [0, 0.05) is 38.4 Å². The summed E-state index contributed by atoms with van der Waals surface area (Å²) in [6.07, 6.45) is 3.88. The van der Waals surface area contributed by atoms with E-state index in [1.54, 1.807) is 0 Å². The molecule has 3 heterocycles. The lowest BCUT2D eigenvalue weighted by molar-refractivity contribution is 0.197. The van der Waals surface area contributed by atoms with Gasteiger partial charge in [-0.1, -0.05) is 11.6 Å². The highest BCUT2D eigenvalue weighted by molar-refractivity contribution is 6.30. The van der Waals surface area contributed by atoms with Crippen molar-refractivity contribution in [2.75, 3.05) is 19.6 Å². The monoisotopic (exact) mass is 264 g/mol. The highest BCUT2D eigenvalue weighted by Gasteiger charge is 2.16. The second-order valence-corrected chi connectivity index (χ2v) is 5.35. The maximum absolute atomic E-state index is 6.04. The Balaban J connectivity index is 1.83. The Morgan fingerprint density at radius 3 is 3.22 bits per heavy atom. The fraction of sp³-hybridized carbons (Fsp3) is 0.462. The average Bonchev–Trinajstić information content (AvgIpc) is 2.72. The van der Waals surface area contributed by atoms with E-state index in [-0.39, 0.29) is 0 Å². The molecule has 0 radical (unpaired) electrons. The normalized spacial score (nSPS) is 21.6. The van der Waals surface area contributed by atoms with Crippen LogP contribution in [-0.4, -0.2) is 40.0 Å². The number of piperazine rings is 1. The van der Waals surface area contributed by atoms with Gasteiger partial charge in [0.2, 0.25) is 0 Å². The van der Waals surface area contributed by atoms with Crippen LogP contribution in [0.3, 0.4) is 0 Å². The van der Waals surface area contributed by atoms with Gasteiger partial charge in [-0.25, -0.2) is 4.98 Å². The van der Waals surface area contributed by atoms with E-state index >= 15 is 0 Å². The van der Waals surface area contributed by atoms with Crippen molar-refractivity contribution in [3.8, 4) is 0 Å². The smallest absolute Gasteiger partial charge is 0.137 e. The molecule has 2 aromatic heterocycles. The van der Waals surface area contributed by atoms with Crippen molar-refractivity contribution in [2.24, 2.45) is 0 Å². The number of hydrogen-bond donors (Lipinski definition) is 1. The molecule has 1 aliphatic heterocycles. The van der Waals surface area contributed by atoms with E-state index in [2.05, 4.69) is 26.5 Å². The highest BCUT2D eigenvalue weighted by Crippen LogP contribution is 2.15. The predicted molar refractivity (Wildman–Crippen MR) is 72.9 cm³/mol. The minimum atomic E-state index is 0.557. The van der Waals surface area contributed by atoms with Crippen LogP contribution in [-0.2, 0) is 6.54 Å². The molecule has 0 spiro atoms. The topological polar surface area (TPSA) is 32.6 Å². The van der Waals surface area contributed by atoms with Gasteiger partial charge in [-0.2, -0.15) is 0 Å². The van der Waals surface area contributed by atoms with Crippen LogP contribution in [0.25, 0.3) is 5.65 Å². The maximum atomic E-state index is 6.04. The Morgan fingerprint density at radius 2 is 2.39 bits per heavy atom. The first kappa shape index (κ1) is 12.0. The minimum absolute atomic E-state index is 0.557. The van der Waals surface area contributed by atoms with Gasteiger partial charge < -0.3 is 9.72 Å². The third-order valence-electron chi connectivity index (χ3n) is 3.38. The second kappa shape index (κ2) is 4.88. The standard InChI is InChI=1S/C13H17ClN4/c1-10-7-17(5-4-15-10)9-12-6-16-13-3-2-11(14)8-18(12)13/h2-3,6,8,10,15H,4-5,7,9H2,1H3. The second-order valence-electron chi connectivity index (χ2n) is 4.92. The molecule has 0 saturated carbocycles. The lowest BCUT2D eigenvalue weighted by Gasteiger charge is -2.31. The van der Waals surface area contributed by atoms with E-state index in [4.69, 9.17) is 11.6 Å². The van der Waals surface area contributed by atoms with E-state index in [0.717, 1.165) is 36.8 Å². The number of imidazole rings is 1. The van der Waals surface area contributed by atoms with Crippen LogP contribution in [0.1, 0.15) is 12.6 Å². The number of halogens is 1. The molecule has 4 nitrogen and oxygen atoms in total. The lowest BCUT2D eigenvalue weighted by atomic mass is 10.2. The molecule has 3 rings (SSSR count). The molecule has 1 atom stereocenters. The van der Waals surface area contributed by atoms with Crippen molar-refractivity contribution in [1.29, 1.82) is 0 Å². The van der Waals surface area contributed by atoms with Crippen molar-refractivity contribution in [3.63, 3.8) is 0 Å². The van der Waals surface area contributed by atoms with Crippen LogP contribution in [0.4, 0.5) is 0 Å². The molecule has 1 unspecified atom stereocenters. The van der Waals surface area contributed by atoms with E-state index in [9.17, 15) is 0 Å². The van der Waals surface area contributed by atoms with Gasteiger partial charge in [-0.15, -0.1) is 0 Å². The minimum Gasteiger partial charge on any atom is -0.312 e. The number of fused-ring (bicyclic) bond motifs is 1. The molecule has 0 aliphatic carbocycles. The van der Waals surface area contributed by atoms with Gasteiger partial charge in [-0.3, -0.25) is 4.90 Å². The Bertz CT molecular complexity index is 551. The molecule has 2 aromatic rings. The summed E-state index contributed by atoms with van der Waals surface area (Å²) in [5.74, 6) is 0. The molecule has 1 aliphatic rings. The van der Waals surface area contributed by atoms with Gasteiger partial charge >= 0.3 is 0 Å². The maximum Gasteiger partial charge on any atom is 0.137 e. The molecule has 96 valence electrons. The molecule has 1 N–H and O–H groups in total. The van der Waals surface area contributed by atoms with Crippen LogP contribution in [0.2, 0.25) is 5.02 Å². The third-order valence-corrected chi connectivity index (χ3v) is 3.61. The van der Waals surface area contributed by atoms with Gasteiger partial charge in [-0.05, 0) is 19.1 Å². The fourth-order valence-corrected chi connectivity index (χ4v) is 2.67.